The third-order valence-electron chi connectivity index (χ3n) is 5.42. The minimum absolute atomic E-state index is 0.00737. The number of halogens is 3. The SMILES string of the molecule is Cc1ccccc1-c1nc(C(=O)Nc2cnsc2OC2CCCNCC2)ccc1C(F)(F)F. The molecule has 1 amide bonds. The number of carbonyl (C=O) groups excluding carboxylic acids is 1. The first-order valence-electron chi connectivity index (χ1n) is 10.6. The summed E-state index contributed by atoms with van der Waals surface area (Å²) in [4.78, 5) is 17.0. The Morgan fingerprint density at radius 1 is 1.18 bits per heavy atom. The normalized spacial score (nSPS) is 16.8. The summed E-state index contributed by atoms with van der Waals surface area (Å²) in [5.74, 6) is -0.633. The standard InChI is InChI=1S/C23H23F3N4O2S/c1-14-5-2-3-7-16(14)20-17(23(24,25)26)8-9-18(29-20)21(31)30-19-13-28-33-22(19)32-15-6-4-11-27-12-10-15/h2-3,5,7-9,13,15,27H,4,6,10-12H2,1H3,(H,30,31). The van der Waals surface area contributed by atoms with Crippen molar-refractivity contribution in [2.75, 3.05) is 18.4 Å². The molecule has 0 saturated carbocycles. The van der Waals surface area contributed by atoms with Gasteiger partial charge in [-0.1, -0.05) is 24.3 Å². The number of alkyl halides is 3. The molecular formula is C23H23F3N4O2S. The molecule has 0 spiro atoms. The molecule has 4 rings (SSSR count). The predicted molar refractivity (Wildman–Crippen MR) is 121 cm³/mol. The zero-order chi connectivity index (χ0) is 23.4. The minimum Gasteiger partial charge on any atom is -0.478 e. The fourth-order valence-corrected chi connectivity index (χ4v) is 4.33. The van der Waals surface area contributed by atoms with Crippen LogP contribution in [-0.2, 0) is 6.18 Å². The van der Waals surface area contributed by atoms with Crippen LogP contribution in [0.1, 0.15) is 40.9 Å². The van der Waals surface area contributed by atoms with Crippen molar-refractivity contribution in [3.05, 3.63) is 59.4 Å². The van der Waals surface area contributed by atoms with Crippen LogP contribution in [0.25, 0.3) is 11.3 Å². The summed E-state index contributed by atoms with van der Waals surface area (Å²) in [7, 11) is 0. The summed E-state index contributed by atoms with van der Waals surface area (Å²) in [6.45, 7) is 3.49. The number of aromatic nitrogens is 2. The first-order chi connectivity index (χ1) is 15.8. The van der Waals surface area contributed by atoms with E-state index in [-0.39, 0.29) is 17.5 Å². The number of amides is 1. The summed E-state index contributed by atoms with van der Waals surface area (Å²) in [5, 5.41) is 6.47. The number of carbonyl (C=O) groups is 1. The maximum Gasteiger partial charge on any atom is 0.418 e. The molecule has 3 heterocycles. The molecule has 3 aromatic rings. The van der Waals surface area contributed by atoms with Crippen LogP contribution in [0, 0.1) is 6.92 Å². The number of hydrogen-bond donors (Lipinski definition) is 2. The van der Waals surface area contributed by atoms with Gasteiger partial charge in [0.15, 0.2) is 0 Å². The second kappa shape index (κ2) is 9.88. The molecule has 0 radical (unpaired) electrons. The van der Waals surface area contributed by atoms with E-state index in [2.05, 4.69) is 20.0 Å². The molecule has 33 heavy (non-hydrogen) atoms. The average molecular weight is 477 g/mol. The van der Waals surface area contributed by atoms with E-state index in [1.54, 1.807) is 31.2 Å². The van der Waals surface area contributed by atoms with Crippen molar-refractivity contribution >= 4 is 23.1 Å². The largest absolute Gasteiger partial charge is 0.478 e. The second-order valence-corrected chi connectivity index (χ2v) is 8.57. The van der Waals surface area contributed by atoms with Crippen molar-refractivity contribution in [2.45, 2.75) is 38.5 Å². The molecule has 1 fully saturated rings. The molecule has 1 aliphatic rings. The van der Waals surface area contributed by atoms with Gasteiger partial charge in [-0.05, 0) is 57.0 Å². The molecule has 1 saturated heterocycles. The molecule has 1 aromatic carbocycles. The number of aryl methyl sites for hydroxylation is 1. The first kappa shape index (κ1) is 23.2. The Morgan fingerprint density at radius 3 is 2.79 bits per heavy atom. The van der Waals surface area contributed by atoms with E-state index in [1.165, 1.54) is 6.20 Å². The number of pyridine rings is 1. The maximum atomic E-state index is 13.6. The molecule has 1 aliphatic heterocycles. The zero-order valence-corrected chi connectivity index (χ0v) is 18.7. The lowest BCUT2D eigenvalue weighted by atomic mass is 10.0. The summed E-state index contributed by atoms with van der Waals surface area (Å²) in [5.41, 5.74) is 0.0282. The fraction of sp³-hybridized carbons (Fsp3) is 0.348. The molecule has 1 unspecified atom stereocenters. The Hall–Kier alpha value is -2.98. The van der Waals surface area contributed by atoms with E-state index < -0.39 is 17.6 Å². The Labute approximate surface area is 193 Å². The van der Waals surface area contributed by atoms with Crippen molar-refractivity contribution in [1.29, 1.82) is 0 Å². The van der Waals surface area contributed by atoms with Gasteiger partial charge in [-0.25, -0.2) is 4.98 Å². The first-order valence-corrected chi connectivity index (χ1v) is 11.4. The van der Waals surface area contributed by atoms with Gasteiger partial charge in [0.25, 0.3) is 5.91 Å². The summed E-state index contributed by atoms with van der Waals surface area (Å²) >= 11 is 1.12. The van der Waals surface area contributed by atoms with Gasteiger partial charge >= 0.3 is 6.18 Å². The molecule has 0 bridgehead atoms. The smallest absolute Gasteiger partial charge is 0.418 e. The highest BCUT2D eigenvalue weighted by Crippen LogP contribution is 2.37. The van der Waals surface area contributed by atoms with Crippen molar-refractivity contribution in [3.63, 3.8) is 0 Å². The predicted octanol–water partition coefficient (Wildman–Crippen LogP) is 5.31. The van der Waals surface area contributed by atoms with Crippen LogP contribution in [0.4, 0.5) is 18.9 Å². The Balaban J connectivity index is 1.59. The van der Waals surface area contributed by atoms with Gasteiger partial charge in [0.05, 0.1) is 17.5 Å². The zero-order valence-electron chi connectivity index (χ0n) is 17.9. The fourth-order valence-electron chi connectivity index (χ4n) is 3.70. The van der Waals surface area contributed by atoms with Crippen molar-refractivity contribution in [2.24, 2.45) is 0 Å². The summed E-state index contributed by atoms with van der Waals surface area (Å²) < 4.78 is 51.1. The van der Waals surface area contributed by atoms with Gasteiger partial charge in [0, 0.05) is 17.1 Å². The summed E-state index contributed by atoms with van der Waals surface area (Å²) in [6.07, 6.45) is -0.412. The number of nitrogens with zero attached hydrogens (tertiary/aromatic N) is 2. The van der Waals surface area contributed by atoms with Crippen LogP contribution < -0.4 is 15.4 Å². The molecule has 174 valence electrons. The van der Waals surface area contributed by atoms with E-state index in [0.717, 1.165) is 56.0 Å². The Bertz CT molecular complexity index is 1120. The van der Waals surface area contributed by atoms with Crippen LogP contribution in [0.2, 0.25) is 0 Å². The number of rotatable bonds is 5. The van der Waals surface area contributed by atoms with Gasteiger partial charge in [-0.15, -0.1) is 0 Å². The molecule has 1 atom stereocenters. The van der Waals surface area contributed by atoms with Gasteiger partial charge in [-0.2, -0.15) is 17.5 Å². The number of nitrogens with one attached hydrogen (secondary N) is 2. The van der Waals surface area contributed by atoms with Crippen LogP contribution in [0.3, 0.4) is 0 Å². The second-order valence-electron chi connectivity index (χ2n) is 7.81. The number of benzene rings is 1. The van der Waals surface area contributed by atoms with Gasteiger partial charge < -0.3 is 15.4 Å². The van der Waals surface area contributed by atoms with Gasteiger partial charge in [-0.3, -0.25) is 4.79 Å². The van der Waals surface area contributed by atoms with Crippen LogP contribution in [0.5, 0.6) is 5.06 Å². The molecule has 10 heteroatoms. The lowest BCUT2D eigenvalue weighted by Crippen LogP contribution is -2.20. The third kappa shape index (κ3) is 5.51. The van der Waals surface area contributed by atoms with Crippen LogP contribution in [0.15, 0.2) is 42.6 Å². The maximum absolute atomic E-state index is 13.6. The third-order valence-corrected chi connectivity index (χ3v) is 6.11. The summed E-state index contributed by atoms with van der Waals surface area (Å²) in [6, 6.07) is 8.61. The lowest BCUT2D eigenvalue weighted by Gasteiger charge is -2.17. The lowest BCUT2D eigenvalue weighted by molar-refractivity contribution is -0.137. The number of hydrogen-bond acceptors (Lipinski definition) is 6. The van der Waals surface area contributed by atoms with Crippen LogP contribution in [-0.4, -0.2) is 34.5 Å². The van der Waals surface area contributed by atoms with Crippen molar-refractivity contribution < 1.29 is 22.7 Å². The van der Waals surface area contributed by atoms with E-state index in [4.69, 9.17) is 4.74 Å². The molecule has 2 N–H and O–H groups in total. The van der Waals surface area contributed by atoms with Crippen LogP contribution >= 0.6 is 11.5 Å². The Morgan fingerprint density at radius 2 is 2.00 bits per heavy atom. The van der Waals surface area contributed by atoms with E-state index in [9.17, 15) is 18.0 Å². The van der Waals surface area contributed by atoms with Gasteiger partial charge in [0.2, 0.25) is 5.06 Å². The topological polar surface area (TPSA) is 76.1 Å². The highest BCUT2D eigenvalue weighted by Gasteiger charge is 2.35. The molecule has 2 aromatic heterocycles. The number of anilines is 1. The van der Waals surface area contributed by atoms with Crippen molar-refractivity contribution in [3.8, 4) is 16.3 Å². The highest BCUT2D eigenvalue weighted by atomic mass is 32.1. The van der Waals surface area contributed by atoms with E-state index in [0.29, 0.717) is 21.9 Å². The highest BCUT2D eigenvalue weighted by molar-refractivity contribution is 7.08. The minimum atomic E-state index is -4.61. The average Bonchev–Trinajstić information content (AvgIpc) is 3.04. The quantitative estimate of drug-likeness (QED) is 0.522. The molecule has 0 aliphatic carbocycles. The van der Waals surface area contributed by atoms with E-state index >= 15 is 0 Å². The van der Waals surface area contributed by atoms with Crippen molar-refractivity contribution in [1.82, 2.24) is 14.7 Å². The van der Waals surface area contributed by atoms with Gasteiger partial charge in [0.1, 0.15) is 17.5 Å². The van der Waals surface area contributed by atoms with E-state index in [1.807, 2.05) is 0 Å². The molecular weight excluding hydrogens is 453 g/mol. The monoisotopic (exact) mass is 476 g/mol. The number of ether oxygens (including phenoxy) is 1. The Kier molecular flexibility index (Phi) is 6.94. The molecule has 6 nitrogen and oxygen atoms in total.